The highest BCUT2D eigenvalue weighted by Gasteiger charge is 2.14. The molecule has 3 heteroatoms. The van der Waals surface area contributed by atoms with E-state index in [0.717, 1.165) is 10.0 Å². The van der Waals surface area contributed by atoms with Crippen LogP contribution in [0.3, 0.4) is 0 Å². The zero-order valence-electron chi connectivity index (χ0n) is 9.13. The molecule has 1 unspecified atom stereocenters. The Morgan fingerprint density at radius 2 is 2.07 bits per heavy atom. The average molecular weight is 274 g/mol. The lowest BCUT2D eigenvalue weighted by molar-refractivity contribution is 0.386. The third-order valence-electron chi connectivity index (χ3n) is 2.74. The number of rotatable bonds is 4. The number of halogens is 2. The van der Waals surface area contributed by atoms with Gasteiger partial charge in [0.05, 0.1) is 0 Å². The molecule has 1 nitrogen and oxygen atoms in total. The van der Waals surface area contributed by atoms with Gasteiger partial charge >= 0.3 is 0 Å². The van der Waals surface area contributed by atoms with Gasteiger partial charge in [-0.15, -0.1) is 0 Å². The Kier molecular flexibility index (Phi) is 4.74. The number of benzene rings is 1. The molecule has 0 fully saturated rings. The second-order valence-corrected chi connectivity index (χ2v) is 5.10. The quantitative estimate of drug-likeness (QED) is 0.895. The van der Waals surface area contributed by atoms with E-state index in [0.29, 0.717) is 24.8 Å². The Labute approximate surface area is 99.0 Å². The highest BCUT2D eigenvalue weighted by Crippen LogP contribution is 2.21. The molecule has 0 amide bonds. The van der Waals surface area contributed by atoms with Gasteiger partial charge in [-0.05, 0) is 42.5 Å². The fourth-order valence-corrected chi connectivity index (χ4v) is 1.89. The van der Waals surface area contributed by atoms with Crippen molar-refractivity contribution in [1.82, 2.24) is 0 Å². The minimum atomic E-state index is -0.150. The second-order valence-electron chi connectivity index (χ2n) is 4.18. The first kappa shape index (κ1) is 12.7. The normalized spacial score (nSPS) is 13.2. The molecule has 15 heavy (non-hydrogen) atoms. The molecule has 0 radical (unpaired) electrons. The summed E-state index contributed by atoms with van der Waals surface area (Å²) in [6, 6.07) is 5.19. The standard InChI is InChI=1S/C12H17BrFN/c1-8(2)10(7-15)5-9-3-4-11(13)6-12(9)14/h3-4,6,8,10H,5,7,15H2,1-2H3. The fourth-order valence-electron chi connectivity index (χ4n) is 1.56. The molecule has 1 atom stereocenters. The van der Waals surface area contributed by atoms with E-state index in [1.807, 2.05) is 12.1 Å². The maximum absolute atomic E-state index is 13.5. The molecular weight excluding hydrogens is 257 g/mol. The van der Waals surface area contributed by atoms with Crippen molar-refractivity contribution in [2.75, 3.05) is 6.54 Å². The first-order valence-corrected chi connectivity index (χ1v) is 5.98. The van der Waals surface area contributed by atoms with Crippen LogP contribution in [0.1, 0.15) is 19.4 Å². The van der Waals surface area contributed by atoms with E-state index in [1.165, 1.54) is 6.07 Å². The summed E-state index contributed by atoms with van der Waals surface area (Å²) >= 11 is 3.24. The van der Waals surface area contributed by atoms with Crippen LogP contribution < -0.4 is 5.73 Å². The van der Waals surface area contributed by atoms with Gasteiger partial charge in [0.15, 0.2) is 0 Å². The first-order valence-electron chi connectivity index (χ1n) is 5.18. The summed E-state index contributed by atoms with van der Waals surface area (Å²) < 4.78 is 14.3. The summed E-state index contributed by atoms with van der Waals surface area (Å²) in [6.45, 7) is 4.84. The number of nitrogens with two attached hydrogens (primary N) is 1. The zero-order valence-corrected chi connectivity index (χ0v) is 10.7. The number of hydrogen-bond acceptors (Lipinski definition) is 1. The van der Waals surface area contributed by atoms with E-state index in [4.69, 9.17) is 5.73 Å². The van der Waals surface area contributed by atoms with Gasteiger partial charge in [0.1, 0.15) is 5.82 Å². The molecule has 0 aliphatic rings. The van der Waals surface area contributed by atoms with Crippen LogP contribution in [0.5, 0.6) is 0 Å². The molecule has 0 saturated carbocycles. The molecule has 0 aliphatic heterocycles. The van der Waals surface area contributed by atoms with E-state index in [9.17, 15) is 4.39 Å². The molecule has 2 N–H and O–H groups in total. The maximum atomic E-state index is 13.5. The van der Waals surface area contributed by atoms with Crippen LogP contribution in [0.2, 0.25) is 0 Å². The average Bonchev–Trinajstić information content (AvgIpc) is 2.16. The molecule has 0 spiro atoms. The topological polar surface area (TPSA) is 26.0 Å². The molecular formula is C12H17BrFN. The molecule has 0 aliphatic carbocycles. The van der Waals surface area contributed by atoms with Gasteiger partial charge in [0.2, 0.25) is 0 Å². The summed E-state index contributed by atoms with van der Waals surface area (Å²) in [4.78, 5) is 0. The van der Waals surface area contributed by atoms with Gasteiger partial charge in [-0.25, -0.2) is 4.39 Å². The summed E-state index contributed by atoms with van der Waals surface area (Å²) in [5.41, 5.74) is 6.42. The Balaban J connectivity index is 2.79. The monoisotopic (exact) mass is 273 g/mol. The van der Waals surface area contributed by atoms with Gasteiger partial charge in [-0.1, -0.05) is 35.8 Å². The molecule has 0 saturated heterocycles. The van der Waals surface area contributed by atoms with Crippen molar-refractivity contribution >= 4 is 15.9 Å². The molecule has 0 heterocycles. The molecule has 1 rings (SSSR count). The SMILES string of the molecule is CC(C)C(CN)Cc1ccc(Br)cc1F. The van der Waals surface area contributed by atoms with Gasteiger partial charge < -0.3 is 5.73 Å². The van der Waals surface area contributed by atoms with Crippen molar-refractivity contribution in [3.05, 3.63) is 34.1 Å². The van der Waals surface area contributed by atoms with Gasteiger partial charge in [-0.2, -0.15) is 0 Å². The van der Waals surface area contributed by atoms with Crippen LogP contribution in [-0.2, 0) is 6.42 Å². The van der Waals surface area contributed by atoms with E-state index in [1.54, 1.807) is 0 Å². The Hall–Kier alpha value is -0.410. The summed E-state index contributed by atoms with van der Waals surface area (Å²) in [5.74, 6) is 0.683. The smallest absolute Gasteiger partial charge is 0.127 e. The highest BCUT2D eigenvalue weighted by atomic mass is 79.9. The van der Waals surface area contributed by atoms with E-state index in [2.05, 4.69) is 29.8 Å². The highest BCUT2D eigenvalue weighted by molar-refractivity contribution is 9.10. The third-order valence-corrected chi connectivity index (χ3v) is 3.24. The summed E-state index contributed by atoms with van der Waals surface area (Å²) in [6.07, 6.45) is 0.716. The Bertz CT molecular complexity index is 325. The van der Waals surface area contributed by atoms with E-state index < -0.39 is 0 Å². The van der Waals surface area contributed by atoms with Gasteiger partial charge in [-0.3, -0.25) is 0 Å². The van der Waals surface area contributed by atoms with E-state index in [-0.39, 0.29) is 5.82 Å². The number of hydrogen-bond donors (Lipinski definition) is 1. The van der Waals surface area contributed by atoms with Crippen LogP contribution in [0.15, 0.2) is 22.7 Å². The molecule has 0 bridgehead atoms. The predicted molar refractivity (Wildman–Crippen MR) is 65.2 cm³/mol. The van der Waals surface area contributed by atoms with Crippen molar-refractivity contribution in [2.45, 2.75) is 20.3 Å². The van der Waals surface area contributed by atoms with Crippen LogP contribution >= 0.6 is 15.9 Å². The molecule has 1 aromatic rings. The lowest BCUT2D eigenvalue weighted by Crippen LogP contribution is -2.22. The molecule has 84 valence electrons. The summed E-state index contributed by atoms with van der Waals surface area (Å²) in [5, 5.41) is 0. The van der Waals surface area contributed by atoms with E-state index >= 15 is 0 Å². The van der Waals surface area contributed by atoms with Crippen molar-refractivity contribution in [2.24, 2.45) is 17.6 Å². The lowest BCUT2D eigenvalue weighted by atomic mass is 9.89. The largest absolute Gasteiger partial charge is 0.330 e. The predicted octanol–water partition coefficient (Wildman–Crippen LogP) is 3.36. The second kappa shape index (κ2) is 5.61. The maximum Gasteiger partial charge on any atom is 0.127 e. The van der Waals surface area contributed by atoms with Crippen LogP contribution in [-0.4, -0.2) is 6.54 Å². The zero-order chi connectivity index (χ0) is 11.4. The van der Waals surface area contributed by atoms with Gasteiger partial charge in [0, 0.05) is 4.47 Å². The van der Waals surface area contributed by atoms with Crippen molar-refractivity contribution < 1.29 is 4.39 Å². The Morgan fingerprint density at radius 3 is 2.53 bits per heavy atom. The van der Waals surface area contributed by atoms with Crippen LogP contribution in [0.25, 0.3) is 0 Å². The summed E-state index contributed by atoms with van der Waals surface area (Å²) in [7, 11) is 0. The Morgan fingerprint density at radius 1 is 1.40 bits per heavy atom. The lowest BCUT2D eigenvalue weighted by Gasteiger charge is -2.19. The molecule has 0 aromatic heterocycles. The minimum absolute atomic E-state index is 0.150. The van der Waals surface area contributed by atoms with Crippen molar-refractivity contribution in [1.29, 1.82) is 0 Å². The molecule has 1 aromatic carbocycles. The fraction of sp³-hybridized carbons (Fsp3) is 0.500. The van der Waals surface area contributed by atoms with Crippen molar-refractivity contribution in [3.63, 3.8) is 0 Å². The third kappa shape index (κ3) is 3.58. The first-order chi connectivity index (χ1) is 7.04. The van der Waals surface area contributed by atoms with Gasteiger partial charge in [0.25, 0.3) is 0 Å². The van der Waals surface area contributed by atoms with Crippen molar-refractivity contribution in [3.8, 4) is 0 Å². The van der Waals surface area contributed by atoms with Crippen LogP contribution in [0.4, 0.5) is 4.39 Å². The minimum Gasteiger partial charge on any atom is -0.330 e. The van der Waals surface area contributed by atoms with Crippen LogP contribution in [0, 0.1) is 17.7 Å².